The first-order chi connectivity index (χ1) is 14.2. The Morgan fingerprint density at radius 2 is 1.97 bits per heavy atom. The van der Waals surface area contributed by atoms with E-state index in [1.807, 2.05) is 28.8 Å². The Labute approximate surface area is 165 Å². The van der Waals surface area contributed by atoms with Gasteiger partial charge in [0.1, 0.15) is 0 Å². The number of fused-ring (bicyclic) bond motifs is 1. The molecule has 0 fully saturated rings. The van der Waals surface area contributed by atoms with Crippen LogP contribution in [0.15, 0.2) is 71.9 Å². The summed E-state index contributed by atoms with van der Waals surface area (Å²) in [6.45, 7) is 0.120. The van der Waals surface area contributed by atoms with Gasteiger partial charge < -0.3 is 20.7 Å². The van der Waals surface area contributed by atoms with Crippen molar-refractivity contribution in [2.24, 2.45) is 0 Å². The number of aromatic nitrogens is 3. The van der Waals surface area contributed by atoms with Gasteiger partial charge in [0.05, 0.1) is 18.0 Å². The van der Waals surface area contributed by atoms with E-state index in [9.17, 15) is 9.59 Å². The predicted molar refractivity (Wildman–Crippen MR) is 110 cm³/mol. The molecule has 0 radical (unpaired) electrons. The molecular weight excluding hydrogens is 370 g/mol. The number of nitrogens with one attached hydrogen (secondary N) is 3. The lowest BCUT2D eigenvalue weighted by Gasteiger charge is -2.12. The summed E-state index contributed by atoms with van der Waals surface area (Å²) in [5.41, 5.74) is 4.30. The first-order valence-corrected chi connectivity index (χ1v) is 9.07. The van der Waals surface area contributed by atoms with Crippen molar-refractivity contribution in [3.05, 3.63) is 83.0 Å². The fraction of sp³-hybridized carbons (Fsp3) is 0.0952. The first-order valence-electron chi connectivity index (χ1n) is 9.07. The molecule has 0 saturated carbocycles. The van der Waals surface area contributed by atoms with Gasteiger partial charge in [-0.05, 0) is 42.5 Å². The lowest BCUT2D eigenvalue weighted by Crippen LogP contribution is -2.26. The van der Waals surface area contributed by atoms with Gasteiger partial charge in [-0.25, -0.2) is 4.98 Å². The highest BCUT2D eigenvalue weighted by Crippen LogP contribution is 2.26. The van der Waals surface area contributed by atoms with E-state index in [1.54, 1.807) is 42.7 Å². The number of aromatic amines is 1. The van der Waals surface area contributed by atoms with Gasteiger partial charge in [0, 0.05) is 48.0 Å². The van der Waals surface area contributed by atoms with Crippen LogP contribution in [0.25, 0.3) is 16.9 Å². The zero-order valence-corrected chi connectivity index (χ0v) is 15.4. The van der Waals surface area contributed by atoms with E-state index in [1.165, 1.54) is 0 Å². The van der Waals surface area contributed by atoms with E-state index in [0.717, 1.165) is 22.6 Å². The Morgan fingerprint density at radius 1 is 1.14 bits per heavy atom. The Morgan fingerprint density at radius 3 is 2.72 bits per heavy atom. The summed E-state index contributed by atoms with van der Waals surface area (Å²) in [4.78, 5) is 30.6. The van der Waals surface area contributed by atoms with Gasteiger partial charge >= 0.3 is 0 Å². The van der Waals surface area contributed by atoms with Crippen LogP contribution in [0.4, 0.5) is 11.4 Å². The van der Waals surface area contributed by atoms with Crippen molar-refractivity contribution in [2.45, 2.75) is 0 Å². The van der Waals surface area contributed by atoms with E-state index >= 15 is 0 Å². The Bertz CT molecular complexity index is 1210. The predicted octanol–water partition coefficient (Wildman–Crippen LogP) is 2.16. The molecule has 1 aromatic carbocycles. The smallest absolute Gasteiger partial charge is 0.251 e. The lowest BCUT2D eigenvalue weighted by atomic mass is 10.1. The van der Waals surface area contributed by atoms with Crippen LogP contribution in [0.1, 0.15) is 10.4 Å². The number of anilines is 2. The molecule has 8 nitrogen and oxygen atoms in total. The minimum atomic E-state index is -0.233. The zero-order valence-electron chi connectivity index (χ0n) is 15.4. The van der Waals surface area contributed by atoms with Gasteiger partial charge in [0.2, 0.25) is 5.56 Å². The number of pyridine rings is 2. The highest BCUT2D eigenvalue weighted by molar-refractivity contribution is 5.94. The molecule has 1 amide bonds. The molecule has 4 aromatic rings. The Balaban J connectivity index is 1.61. The van der Waals surface area contributed by atoms with E-state index in [-0.39, 0.29) is 24.6 Å². The largest absolute Gasteiger partial charge is 0.395 e. The monoisotopic (exact) mass is 389 g/mol. The molecule has 4 rings (SSSR count). The highest BCUT2D eigenvalue weighted by atomic mass is 16.3. The van der Waals surface area contributed by atoms with Crippen molar-refractivity contribution < 1.29 is 9.90 Å². The molecule has 0 saturated heterocycles. The van der Waals surface area contributed by atoms with Gasteiger partial charge in [-0.15, -0.1) is 0 Å². The van der Waals surface area contributed by atoms with Gasteiger partial charge in [0.15, 0.2) is 5.65 Å². The van der Waals surface area contributed by atoms with Crippen LogP contribution >= 0.6 is 0 Å². The standard InChI is InChI=1S/C21H19N5O3/c27-12-10-24-21(29)14-1-3-16(4-2-14)25-17-5-6-18(26-11-9-23-20(17)26)15-7-8-22-19(28)13-15/h1-9,11,13,25,27H,10,12H2,(H,22,28)(H,24,29). The molecule has 0 unspecified atom stereocenters. The van der Waals surface area contributed by atoms with Crippen molar-refractivity contribution in [2.75, 3.05) is 18.5 Å². The molecule has 0 bridgehead atoms. The SMILES string of the molecule is O=C(NCCO)c1ccc(Nc2ccc(-c3cc[nH]c(=O)c3)n3ccnc23)cc1. The van der Waals surface area contributed by atoms with Crippen molar-refractivity contribution in [1.82, 2.24) is 19.7 Å². The number of carbonyl (C=O) groups is 1. The summed E-state index contributed by atoms with van der Waals surface area (Å²) in [5, 5.41) is 14.7. The molecule has 0 aliphatic rings. The van der Waals surface area contributed by atoms with Gasteiger partial charge in [-0.1, -0.05) is 0 Å². The van der Waals surface area contributed by atoms with E-state index in [2.05, 4.69) is 20.6 Å². The summed E-state index contributed by atoms with van der Waals surface area (Å²) in [6, 6.07) is 14.2. The van der Waals surface area contributed by atoms with Crippen LogP contribution in [0.3, 0.4) is 0 Å². The number of imidazole rings is 1. The topological polar surface area (TPSA) is 112 Å². The number of amides is 1. The second-order valence-corrected chi connectivity index (χ2v) is 6.38. The van der Waals surface area contributed by atoms with E-state index in [0.29, 0.717) is 11.2 Å². The normalized spacial score (nSPS) is 10.8. The van der Waals surface area contributed by atoms with Crippen molar-refractivity contribution in [3.8, 4) is 11.3 Å². The van der Waals surface area contributed by atoms with Gasteiger partial charge in [-0.2, -0.15) is 0 Å². The Hall–Kier alpha value is -3.91. The Kier molecular flexibility index (Phi) is 5.08. The number of aliphatic hydroxyl groups is 1. The first kappa shape index (κ1) is 18.5. The summed E-state index contributed by atoms with van der Waals surface area (Å²) in [5.74, 6) is -0.233. The third-order valence-electron chi connectivity index (χ3n) is 4.44. The number of H-pyrrole nitrogens is 1. The van der Waals surface area contributed by atoms with Crippen LogP contribution in [0.5, 0.6) is 0 Å². The summed E-state index contributed by atoms with van der Waals surface area (Å²) in [7, 11) is 0. The number of hydrogen-bond acceptors (Lipinski definition) is 5. The average Bonchev–Trinajstić information content (AvgIpc) is 3.23. The number of hydrogen-bond donors (Lipinski definition) is 4. The highest BCUT2D eigenvalue weighted by Gasteiger charge is 2.10. The molecule has 146 valence electrons. The van der Waals surface area contributed by atoms with Crippen LogP contribution in [-0.4, -0.2) is 38.5 Å². The molecule has 3 aromatic heterocycles. The maximum absolute atomic E-state index is 11.9. The summed E-state index contributed by atoms with van der Waals surface area (Å²) in [6.07, 6.45) is 5.16. The number of carbonyl (C=O) groups excluding carboxylic acids is 1. The third kappa shape index (κ3) is 3.87. The molecule has 0 aliphatic carbocycles. The molecule has 0 aliphatic heterocycles. The quantitative estimate of drug-likeness (QED) is 0.404. The number of rotatable bonds is 6. The number of nitrogens with zero attached hydrogens (tertiary/aromatic N) is 2. The zero-order chi connectivity index (χ0) is 20.2. The minimum absolute atomic E-state index is 0.0982. The fourth-order valence-electron chi connectivity index (χ4n) is 3.08. The maximum Gasteiger partial charge on any atom is 0.251 e. The van der Waals surface area contributed by atoms with Crippen molar-refractivity contribution in [1.29, 1.82) is 0 Å². The van der Waals surface area contributed by atoms with Gasteiger partial charge in [-0.3, -0.25) is 14.0 Å². The van der Waals surface area contributed by atoms with E-state index in [4.69, 9.17) is 5.11 Å². The lowest BCUT2D eigenvalue weighted by molar-refractivity contribution is 0.0945. The third-order valence-corrected chi connectivity index (χ3v) is 4.44. The maximum atomic E-state index is 11.9. The molecular formula is C21H19N5O3. The number of aliphatic hydroxyl groups excluding tert-OH is 1. The second kappa shape index (κ2) is 7.99. The molecule has 0 atom stereocenters. The molecule has 4 N–H and O–H groups in total. The van der Waals surface area contributed by atoms with Crippen molar-refractivity contribution in [3.63, 3.8) is 0 Å². The average molecular weight is 389 g/mol. The van der Waals surface area contributed by atoms with Gasteiger partial charge in [0.25, 0.3) is 5.91 Å². The molecule has 0 spiro atoms. The summed E-state index contributed by atoms with van der Waals surface area (Å²) >= 11 is 0. The van der Waals surface area contributed by atoms with Crippen LogP contribution in [0, 0.1) is 0 Å². The van der Waals surface area contributed by atoms with Crippen molar-refractivity contribution >= 4 is 22.9 Å². The van der Waals surface area contributed by atoms with E-state index < -0.39 is 0 Å². The second-order valence-electron chi connectivity index (χ2n) is 6.38. The molecule has 29 heavy (non-hydrogen) atoms. The fourth-order valence-corrected chi connectivity index (χ4v) is 3.08. The van der Waals surface area contributed by atoms with Crippen LogP contribution in [0.2, 0.25) is 0 Å². The minimum Gasteiger partial charge on any atom is -0.395 e. The molecule has 3 heterocycles. The van der Waals surface area contributed by atoms with Crippen LogP contribution < -0.4 is 16.2 Å². The molecule has 8 heteroatoms. The van der Waals surface area contributed by atoms with Crippen LogP contribution in [-0.2, 0) is 0 Å². The summed E-state index contributed by atoms with van der Waals surface area (Å²) < 4.78 is 1.91. The number of benzene rings is 1.